The normalized spacial score (nSPS) is 14.6. The molecule has 9 heteroatoms. The minimum Gasteiger partial charge on any atom is -0.351 e. The molecule has 0 radical (unpaired) electrons. The smallest absolute Gasteiger partial charge is 0.251 e. The third-order valence-electron chi connectivity index (χ3n) is 4.71. The SMILES string of the molecule is Cl.Cl.O=C(NCCN1CCN(Cc2ccccc2Cl)CC1)c1ccc(F)c(F)c1. The van der Waals surface area contributed by atoms with Gasteiger partial charge in [-0.25, -0.2) is 8.78 Å². The maximum atomic E-state index is 13.2. The lowest BCUT2D eigenvalue weighted by atomic mass is 10.2. The Hall–Kier alpha value is -1.44. The summed E-state index contributed by atoms with van der Waals surface area (Å²) in [6.45, 7) is 5.69. The van der Waals surface area contributed by atoms with Crippen LogP contribution in [0.25, 0.3) is 0 Å². The molecule has 0 saturated carbocycles. The third-order valence-corrected chi connectivity index (χ3v) is 5.08. The van der Waals surface area contributed by atoms with Crippen molar-refractivity contribution in [1.82, 2.24) is 15.1 Å². The highest BCUT2D eigenvalue weighted by atomic mass is 35.5. The van der Waals surface area contributed by atoms with Crippen LogP contribution in [-0.2, 0) is 6.54 Å². The van der Waals surface area contributed by atoms with Crippen molar-refractivity contribution in [3.63, 3.8) is 0 Å². The van der Waals surface area contributed by atoms with Gasteiger partial charge in [-0.3, -0.25) is 14.6 Å². The van der Waals surface area contributed by atoms with E-state index in [0.717, 1.165) is 62.0 Å². The fourth-order valence-electron chi connectivity index (χ4n) is 3.11. The number of nitrogens with zero attached hydrogens (tertiary/aromatic N) is 2. The average molecular weight is 467 g/mol. The largest absolute Gasteiger partial charge is 0.351 e. The number of piperazine rings is 1. The highest BCUT2D eigenvalue weighted by Crippen LogP contribution is 2.17. The Labute approximate surface area is 187 Å². The Morgan fingerprint density at radius 2 is 1.62 bits per heavy atom. The molecule has 1 saturated heterocycles. The van der Waals surface area contributed by atoms with Crippen molar-refractivity contribution in [3.05, 3.63) is 70.2 Å². The van der Waals surface area contributed by atoms with E-state index < -0.39 is 17.5 Å². The molecule has 0 unspecified atom stereocenters. The van der Waals surface area contributed by atoms with Crippen LogP contribution >= 0.6 is 36.4 Å². The maximum absolute atomic E-state index is 13.2. The van der Waals surface area contributed by atoms with Crippen LogP contribution in [0.4, 0.5) is 8.78 Å². The van der Waals surface area contributed by atoms with Gasteiger partial charge in [-0.15, -0.1) is 24.8 Å². The van der Waals surface area contributed by atoms with Crippen LogP contribution in [0.3, 0.4) is 0 Å². The molecule has 160 valence electrons. The van der Waals surface area contributed by atoms with Crippen molar-refractivity contribution in [3.8, 4) is 0 Å². The van der Waals surface area contributed by atoms with Crippen molar-refractivity contribution in [2.45, 2.75) is 6.54 Å². The van der Waals surface area contributed by atoms with Gasteiger partial charge < -0.3 is 5.32 Å². The van der Waals surface area contributed by atoms with Gasteiger partial charge in [-0.1, -0.05) is 29.8 Å². The monoisotopic (exact) mass is 465 g/mol. The molecule has 1 aliphatic heterocycles. The van der Waals surface area contributed by atoms with Crippen LogP contribution in [0.15, 0.2) is 42.5 Å². The topological polar surface area (TPSA) is 35.6 Å². The molecule has 29 heavy (non-hydrogen) atoms. The van der Waals surface area contributed by atoms with E-state index in [1.807, 2.05) is 24.3 Å². The fourth-order valence-corrected chi connectivity index (χ4v) is 3.30. The molecule has 0 bridgehead atoms. The average Bonchev–Trinajstić information content (AvgIpc) is 2.67. The Kier molecular flexibility index (Phi) is 10.9. The lowest BCUT2D eigenvalue weighted by Crippen LogP contribution is -2.48. The summed E-state index contributed by atoms with van der Waals surface area (Å²) >= 11 is 6.22. The molecule has 0 atom stereocenters. The van der Waals surface area contributed by atoms with Crippen LogP contribution in [0.2, 0.25) is 5.02 Å². The summed E-state index contributed by atoms with van der Waals surface area (Å²) < 4.78 is 26.1. The van der Waals surface area contributed by atoms with Crippen molar-refractivity contribution >= 4 is 42.3 Å². The van der Waals surface area contributed by atoms with Crippen molar-refractivity contribution < 1.29 is 13.6 Å². The zero-order valence-electron chi connectivity index (χ0n) is 15.7. The predicted molar refractivity (Wildman–Crippen MR) is 116 cm³/mol. The van der Waals surface area contributed by atoms with E-state index in [0.29, 0.717) is 6.54 Å². The summed E-state index contributed by atoms with van der Waals surface area (Å²) in [5.41, 5.74) is 1.25. The van der Waals surface area contributed by atoms with Gasteiger partial charge in [0.2, 0.25) is 0 Å². The molecule has 2 aromatic carbocycles. The van der Waals surface area contributed by atoms with Gasteiger partial charge in [-0.05, 0) is 29.8 Å². The fraction of sp³-hybridized carbons (Fsp3) is 0.350. The van der Waals surface area contributed by atoms with Crippen LogP contribution in [0.1, 0.15) is 15.9 Å². The van der Waals surface area contributed by atoms with E-state index in [2.05, 4.69) is 15.1 Å². The van der Waals surface area contributed by atoms with E-state index in [-0.39, 0.29) is 30.4 Å². The van der Waals surface area contributed by atoms with E-state index >= 15 is 0 Å². The number of hydrogen-bond acceptors (Lipinski definition) is 3. The molecule has 1 amide bonds. The number of halogens is 5. The Bertz CT molecular complexity index is 802. The zero-order valence-corrected chi connectivity index (χ0v) is 18.1. The maximum Gasteiger partial charge on any atom is 0.251 e. The Morgan fingerprint density at radius 1 is 0.966 bits per heavy atom. The number of nitrogens with one attached hydrogen (secondary N) is 1. The highest BCUT2D eigenvalue weighted by Gasteiger charge is 2.18. The Balaban J connectivity index is 0.00000210. The number of amides is 1. The van der Waals surface area contributed by atoms with E-state index in [1.54, 1.807) is 0 Å². The lowest BCUT2D eigenvalue weighted by Gasteiger charge is -2.34. The molecular formula is C20H24Cl3F2N3O. The van der Waals surface area contributed by atoms with Gasteiger partial charge in [0.1, 0.15) is 0 Å². The van der Waals surface area contributed by atoms with Gasteiger partial charge >= 0.3 is 0 Å². The first-order valence-electron chi connectivity index (χ1n) is 8.94. The molecule has 1 fully saturated rings. The number of hydrogen-bond donors (Lipinski definition) is 1. The van der Waals surface area contributed by atoms with Crippen LogP contribution in [0, 0.1) is 11.6 Å². The van der Waals surface area contributed by atoms with Crippen molar-refractivity contribution in [2.75, 3.05) is 39.3 Å². The van der Waals surface area contributed by atoms with Crippen molar-refractivity contribution in [1.29, 1.82) is 0 Å². The summed E-state index contributed by atoms with van der Waals surface area (Å²) in [7, 11) is 0. The van der Waals surface area contributed by atoms with Gasteiger partial charge in [0.05, 0.1) is 0 Å². The molecule has 1 N–H and O–H groups in total. The summed E-state index contributed by atoms with van der Waals surface area (Å²) in [4.78, 5) is 16.6. The molecule has 2 aromatic rings. The van der Waals surface area contributed by atoms with Crippen molar-refractivity contribution in [2.24, 2.45) is 0 Å². The number of benzene rings is 2. The van der Waals surface area contributed by atoms with Crippen LogP contribution in [0.5, 0.6) is 0 Å². The molecule has 0 spiro atoms. The summed E-state index contributed by atoms with van der Waals surface area (Å²) in [6.07, 6.45) is 0. The molecule has 1 aliphatic rings. The van der Waals surface area contributed by atoms with Gasteiger partial charge in [0.25, 0.3) is 5.91 Å². The van der Waals surface area contributed by atoms with E-state index in [9.17, 15) is 13.6 Å². The van der Waals surface area contributed by atoms with Gasteiger partial charge in [-0.2, -0.15) is 0 Å². The molecule has 3 rings (SSSR count). The molecule has 0 aliphatic carbocycles. The molecular weight excluding hydrogens is 443 g/mol. The quantitative estimate of drug-likeness (QED) is 0.699. The summed E-state index contributed by atoms with van der Waals surface area (Å²) in [6, 6.07) is 11.0. The standard InChI is InChI=1S/C20H22ClF2N3O.2ClH/c21-17-4-2-1-3-16(17)14-26-11-9-25(10-12-26)8-7-24-20(27)15-5-6-18(22)19(23)13-15;;/h1-6,13H,7-12,14H2,(H,24,27);2*1H. The first-order valence-corrected chi connectivity index (χ1v) is 9.32. The minimum absolute atomic E-state index is 0. The Morgan fingerprint density at radius 3 is 2.28 bits per heavy atom. The molecule has 1 heterocycles. The summed E-state index contributed by atoms with van der Waals surface area (Å²) in [5.74, 6) is -2.37. The second-order valence-electron chi connectivity index (χ2n) is 6.59. The highest BCUT2D eigenvalue weighted by molar-refractivity contribution is 6.31. The van der Waals surface area contributed by atoms with E-state index in [1.165, 1.54) is 6.07 Å². The van der Waals surface area contributed by atoms with E-state index in [4.69, 9.17) is 11.6 Å². The summed E-state index contributed by atoms with van der Waals surface area (Å²) in [5, 5.41) is 3.54. The molecule has 0 aromatic heterocycles. The first kappa shape index (κ1) is 25.6. The predicted octanol–water partition coefficient (Wildman–Crippen LogP) is 4.01. The van der Waals surface area contributed by atoms with Gasteiger partial charge in [0.15, 0.2) is 11.6 Å². The number of carbonyl (C=O) groups excluding carboxylic acids is 1. The van der Waals surface area contributed by atoms with Gasteiger partial charge in [0, 0.05) is 56.4 Å². The number of rotatable bonds is 6. The van der Waals surface area contributed by atoms with Crippen LogP contribution in [-0.4, -0.2) is 55.0 Å². The number of carbonyl (C=O) groups is 1. The lowest BCUT2D eigenvalue weighted by molar-refractivity contribution is 0.0933. The third kappa shape index (κ3) is 7.39. The zero-order chi connectivity index (χ0) is 19.2. The first-order chi connectivity index (χ1) is 13.0. The second kappa shape index (κ2) is 12.3. The second-order valence-corrected chi connectivity index (χ2v) is 7.00. The van der Waals surface area contributed by atoms with Crippen LogP contribution < -0.4 is 5.32 Å². The molecule has 4 nitrogen and oxygen atoms in total. The minimum atomic E-state index is -1.02.